The lowest BCUT2D eigenvalue weighted by Crippen LogP contribution is -2.12. The zero-order chi connectivity index (χ0) is 12.4. The molecule has 1 aromatic carbocycles. The molecule has 1 heterocycles. The minimum absolute atomic E-state index is 0.144. The van der Waals surface area contributed by atoms with Gasteiger partial charge in [0.15, 0.2) is 0 Å². The number of aromatic carboxylic acids is 1. The molecule has 0 radical (unpaired) electrons. The van der Waals surface area contributed by atoms with Gasteiger partial charge in [-0.05, 0) is 18.2 Å². The molecule has 0 aliphatic carbocycles. The number of hydrogen-bond acceptors (Lipinski definition) is 4. The highest BCUT2D eigenvalue weighted by molar-refractivity contribution is 5.92. The van der Waals surface area contributed by atoms with E-state index in [4.69, 9.17) is 10.2 Å². The van der Waals surface area contributed by atoms with E-state index < -0.39 is 11.9 Å². The molecule has 0 unspecified atom stereocenters. The van der Waals surface area contributed by atoms with Crippen molar-refractivity contribution in [3.63, 3.8) is 0 Å². The molecule has 88 valence electrons. The van der Waals surface area contributed by atoms with Crippen LogP contribution in [-0.4, -0.2) is 38.7 Å². The number of aromatic amines is 1. The summed E-state index contributed by atoms with van der Waals surface area (Å²) in [5.41, 5.74) is 1.26. The maximum absolute atomic E-state index is 10.7. The number of carboxylic acid groups (broad SMARTS) is 2. The van der Waals surface area contributed by atoms with Crippen LogP contribution >= 0.6 is 0 Å². The van der Waals surface area contributed by atoms with E-state index in [1.807, 2.05) is 0 Å². The Hall–Kier alpha value is -2.57. The third-order valence-corrected chi connectivity index (χ3v) is 2.14. The van der Waals surface area contributed by atoms with Gasteiger partial charge in [-0.1, -0.05) is 0 Å². The van der Waals surface area contributed by atoms with Gasteiger partial charge in [0.25, 0.3) is 0 Å². The van der Waals surface area contributed by atoms with Crippen LogP contribution in [0.3, 0.4) is 0 Å². The minimum atomic E-state index is -1.03. The van der Waals surface area contributed by atoms with Crippen LogP contribution in [0, 0.1) is 0 Å². The SMILES string of the molecule is O=C(O)CNc1nc2ccc(C(=O)O)cc2[nH]1. The number of fused-ring (bicyclic) bond motifs is 1. The molecule has 2 rings (SSSR count). The molecular weight excluding hydrogens is 226 g/mol. The second-order valence-corrected chi connectivity index (χ2v) is 3.37. The molecule has 0 amide bonds. The topological polar surface area (TPSA) is 115 Å². The number of nitrogens with zero attached hydrogens (tertiary/aromatic N) is 1. The molecule has 7 heteroatoms. The first-order valence-corrected chi connectivity index (χ1v) is 4.75. The van der Waals surface area contributed by atoms with Gasteiger partial charge >= 0.3 is 11.9 Å². The summed E-state index contributed by atoms with van der Waals surface area (Å²) >= 11 is 0. The number of carboxylic acids is 2. The molecule has 7 nitrogen and oxygen atoms in total. The Morgan fingerprint density at radius 1 is 1.35 bits per heavy atom. The number of carbonyl (C=O) groups is 2. The molecule has 0 saturated carbocycles. The summed E-state index contributed by atoms with van der Waals surface area (Å²) in [5, 5.41) is 19.9. The zero-order valence-corrected chi connectivity index (χ0v) is 8.60. The third-order valence-electron chi connectivity index (χ3n) is 2.14. The number of rotatable bonds is 4. The maximum atomic E-state index is 10.7. The van der Waals surface area contributed by atoms with Gasteiger partial charge in [-0.25, -0.2) is 9.78 Å². The highest BCUT2D eigenvalue weighted by Gasteiger charge is 2.07. The van der Waals surface area contributed by atoms with E-state index in [1.165, 1.54) is 12.1 Å². The van der Waals surface area contributed by atoms with Crippen molar-refractivity contribution in [3.05, 3.63) is 23.8 Å². The first-order valence-electron chi connectivity index (χ1n) is 4.75. The Morgan fingerprint density at radius 2 is 2.12 bits per heavy atom. The van der Waals surface area contributed by atoms with Gasteiger partial charge in [-0.3, -0.25) is 4.79 Å². The maximum Gasteiger partial charge on any atom is 0.335 e. The van der Waals surface area contributed by atoms with Crippen LogP contribution in [-0.2, 0) is 4.79 Å². The van der Waals surface area contributed by atoms with E-state index >= 15 is 0 Å². The van der Waals surface area contributed by atoms with Gasteiger partial charge in [-0.15, -0.1) is 0 Å². The Morgan fingerprint density at radius 3 is 2.76 bits per heavy atom. The lowest BCUT2D eigenvalue weighted by atomic mass is 10.2. The molecule has 0 fully saturated rings. The fourth-order valence-corrected chi connectivity index (χ4v) is 1.39. The number of aliphatic carboxylic acids is 1. The molecule has 0 aliphatic heterocycles. The summed E-state index contributed by atoms with van der Waals surface area (Å²) in [6.07, 6.45) is 0. The number of hydrogen-bond donors (Lipinski definition) is 4. The van der Waals surface area contributed by atoms with E-state index in [-0.39, 0.29) is 12.1 Å². The second kappa shape index (κ2) is 4.12. The van der Waals surface area contributed by atoms with Gasteiger partial charge in [0.05, 0.1) is 16.6 Å². The third kappa shape index (κ3) is 2.33. The van der Waals surface area contributed by atoms with Crippen LogP contribution in [0.5, 0.6) is 0 Å². The molecular formula is C10H9N3O4. The first-order chi connectivity index (χ1) is 8.06. The van der Waals surface area contributed by atoms with Crippen LogP contribution in [0.25, 0.3) is 11.0 Å². The monoisotopic (exact) mass is 235 g/mol. The van der Waals surface area contributed by atoms with Crippen molar-refractivity contribution < 1.29 is 19.8 Å². The highest BCUT2D eigenvalue weighted by Crippen LogP contribution is 2.16. The number of nitrogens with one attached hydrogen (secondary N) is 2. The zero-order valence-electron chi connectivity index (χ0n) is 8.60. The van der Waals surface area contributed by atoms with Crippen molar-refractivity contribution in [2.24, 2.45) is 0 Å². The van der Waals surface area contributed by atoms with Crippen LogP contribution in [0.15, 0.2) is 18.2 Å². The molecule has 4 N–H and O–H groups in total. The minimum Gasteiger partial charge on any atom is -0.480 e. The Kier molecular flexibility index (Phi) is 2.65. The van der Waals surface area contributed by atoms with E-state index in [0.717, 1.165) is 0 Å². The van der Waals surface area contributed by atoms with E-state index in [0.29, 0.717) is 17.0 Å². The molecule has 2 aromatic rings. The fourth-order valence-electron chi connectivity index (χ4n) is 1.39. The van der Waals surface area contributed by atoms with Gasteiger partial charge < -0.3 is 20.5 Å². The number of H-pyrrole nitrogens is 1. The summed E-state index contributed by atoms with van der Waals surface area (Å²) in [5.74, 6) is -1.73. The van der Waals surface area contributed by atoms with Gasteiger partial charge in [0, 0.05) is 0 Å². The number of benzene rings is 1. The average molecular weight is 235 g/mol. The summed E-state index contributed by atoms with van der Waals surface area (Å²) < 4.78 is 0. The predicted octanol–water partition coefficient (Wildman–Crippen LogP) is 0.758. The Labute approximate surface area is 95.1 Å². The van der Waals surface area contributed by atoms with Crippen molar-refractivity contribution in [2.45, 2.75) is 0 Å². The van der Waals surface area contributed by atoms with Crippen LogP contribution < -0.4 is 5.32 Å². The molecule has 0 atom stereocenters. The van der Waals surface area contributed by atoms with Crippen molar-refractivity contribution in [1.29, 1.82) is 0 Å². The molecule has 0 saturated heterocycles. The smallest absolute Gasteiger partial charge is 0.335 e. The van der Waals surface area contributed by atoms with Crippen LogP contribution in [0.1, 0.15) is 10.4 Å². The van der Waals surface area contributed by atoms with Crippen molar-refractivity contribution in [1.82, 2.24) is 9.97 Å². The van der Waals surface area contributed by atoms with Gasteiger partial charge in [0.2, 0.25) is 5.95 Å². The standard InChI is InChI=1S/C10H9N3O4/c14-8(15)4-11-10-12-6-2-1-5(9(16)17)3-7(6)13-10/h1-3H,4H2,(H,14,15)(H,16,17)(H2,11,12,13). The largest absolute Gasteiger partial charge is 0.480 e. The Bertz CT molecular complexity index is 590. The normalized spacial score (nSPS) is 10.4. The van der Waals surface area contributed by atoms with E-state index in [2.05, 4.69) is 15.3 Å². The van der Waals surface area contributed by atoms with E-state index in [1.54, 1.807) is 6.07 Å². The number of anilines is 1. The fraction of sp³-hybridized carbons (Fsp3) is 0.100. The Balaban J connectivity index is 2.30. The molecule has 0 aliphatic rings. The molecule has 17 heavy (non-hydrogen) atoms. The average Bonchev–Trinajstić information content (AvgIpc) is 2.67. The second-order valence-electron chi connectivity index (χ2n) is 3.37. The van der Waals surface area contributed by atoms with Gasteiger partial charge in [-0.2, -0.15) is 0 Å². The summed E-state index contributed by atoms with van der Waals surface area (Å²) in [7, 11) is 0. The number of aromatic nitrogens is 2. The lowest BCUT2D eigenvalue weighted by Gasteiger charge is -1.95. The van der Waals surface area contributed by atoms with Crippen molar-refractivity contribution >= 4 is 28.9 Å². The number of imidazole rings is 1. The van der Waals surface area contributed by atoms with Crippen molar-refractivity contribution in [2.75, 3.05) is 11.9 Å². The molecule has 0 bridgehead atoms. The molecule has 1 aromatic heterocycles. The van der Waals surface area contributed by atoms with Crippen LogP contribution in [0.4, 0.5) is 5.95 Å². The van der Waals surface area contributed by atoms with Crippen LogP contribution in [0.2, 0.25) is 0 Å². The summed E-state index contributed by atoms with van der Waals surface area (Å²) in [6, 6.07) is 4.43. The molecule has 0 spiro atoms. The predicted molar refractivity (Wildman–Crippen MR) is 59.2 cm³/mol. The van der Waals surface area contributed by atoms with Gasteiger partial charge in [0.1, 0.15) is 6.54 Å². The van der Waals surface area contributed by atoms with Crippen molar-refractivity contribution in [3.8, 4) is 0 Å². The first kappa shape index (κ1) is 10.9. The highest BCUT2D eigenvalue weighted by atomic mass is 16.4. The lowest BCUT2D eigenvalue weighted by molar-refractivity contribution is -0.134. The quantitative estimate of drug-likeness (QED) is 0.621. The van der Waals surface area contributed by atoms with E-state index in [9.17, 15) is 9.59 Å². The summed E-state index contributed by atoms with van der Waals surface area (Å²) in [4.78, 5) is 27.9. The summed E-state index contributed by atoms with van der Waals surface area (Å²) in [6.45, 7) is -0.258.